The summed E-state index contributed by atoms with van der Waals surface area (Å²) in [5, 5.41) is 0.961. The third-order valence-corrected chi connectivity index (χ3v) is 3.14. The standard InChI is InChI=1S/C13H19Br/c1-2-3-4-5-6-12-7-9-13(11-14)10-8-12/h7-10H,2-6,11H2,1H3. The Balaban J connectivity index is 2.29. The molecule has 14 heavy (non-hydrogen) atoms. The Hall–Kier alpha value is -0.300. The van der Waals surface area contributed by atoms with Gasteiger partial charge >= 0.3 is 0 Å². The number of rotatable bonds is 6. The number of benzene rings is 1. The fourth-order valence-electron chi connectivity index (χ4n) is 1.55. The summed E-state index contributed by atoms with van der Waals surface area (Å²) in [4.78, 5) is 0. The molecule has 0 aromatic heterocycles. The van der Waals surface area contributed by atoms with Crippen molar-refractivity contribution < 1.29 is 0 Å². The highest BCUT2D eigenvalue weighted by Gasteiger charge is 1.94. The van der Waals surface area contributed by atoms with Crippen molar-refractivity contribution in [3.63, 3.8) is 0 Å². The Morgan fingerprint density at radius 3 is 2.14 bits per heavy atom. The second kappa shape index (κ2) is 7.05. The fourth-order valence-corrected chi connectivity index (χ4v) is 1.92. The Morgan fingerprint density at radius 2 is 1.57 bits per heavy atom. The lowest BCUT2D eigenvalue weighted by Gasteiger charge is -2.02. The molecule has 1 heteroatoms. The van der Waals surface area contributed by atoms with Gasteiger partial charge < -0.3 is 0 Å². The molecule has 0 saturated carbocycles. The van der Waals surface area contributed by atoms with Crippen molar-refractivity contribution in [1.29, 1.82) is 0 Å². The van der Waals surface area contributed by atoms with E-state index in [9.17, 15) is 0 Å². The average Bonchev–Trinajstić information content (AvgIpc) is 2.25. The highest BCUT2D eigenvalue weighted by atomic mass is 79.9. The minimum atomic E-state index is 0.961. The molecule has 0 heterocycles. The number of unbranched alkanes of at least 4 members (excludes halogenated alkanes) is 3. The van der Waals surface area contributed by atoms with E-state index in [4.69, 9.17) is 0 Å². The van der Waals surface area contributed by atoms with E-state index in [0.717, 1.165) is 5.33 Å². The molecule has 0 atom stereocenters. The minimum absolute atomic E-state index is 0.961. The molecule has 0 fully saturated rings. The first-order valence-electron chi connectivity index (χ1n) is 5.50. The van der Waals surface area contributed by atoms with Crippen LogP contribution in [0.5, 0.6) is 0 Å². The van der Waals surface area contributed by atoms with E-state index in [1.165, 1.54) is 43.2 Å². The highest BCUT2D eigenvalue weighted by molar-refractivity contribution is 9.08. The van der Waals surface area contributed by atoms with Crippen LogP contribution >= 0.6 is 15.9 Å². The van der Waals surface area contributed by atoms with Crippen molar-refractivity contribution in [3.8, 4) is 0 Å². The molecule has 0 amide bonds. The van der Waals surface area contributed by atoms with Crippen molar-refractivity contribution in [1.82, 2.24) is 0 Å². The van der Waals surface area contributed by atoms with Crippen LogP contribution in [0.25, 0.3) is 0 Å². The van der Waals surface area contributed by atoms with Gasteiger partial charge in [0, 0.05) is 5.33 Å². The van der Waals surface area contributed by atoms with Gasteiger partial charge in [-0.15, -0.1) is 0 Å². The van der Waals surface area contributed by atoms with E-state index in [0.29, 0.717) is 0 Å². The SMILES string of the molecule is CCCCCCc1ccc(CBr)cc1. The Bertz CT molecular complexity index is 238. The molecule has 0 bridgehead atoms. The van der Waals surface area contributed by atoms with E-state index in [1.54, 1.807) is 0 Å². The minimum Gasteiger partial charge on any atom is -0.0876 e. The zero-order valence-electron chi connectivity index (χ0n) is 8.93. The van der Waals surface area contributed by atoms with Gasteiger partial charge in [-0.25, -0.2) is 0 Å². The molecule has 0 radical (unpaired) electrons. The third-order valence-electron chi connectivity index (χ3n) is 2.50. The lowest BCUT2D eigenvalue weighted by molar-refractivity contribution is 0.667. The summed E-state index contributed by atoms with van der Waals surface area (Å²) >= 11 is 3.46. The molecule has 0 nitrogen and oxygen atoms in total. The fraction of sp³-hybridized carbons (Fsp3) is 0.538. The van der Waals surface area contributed by atoms with Gasteiger partial charge in [0.2, 0.25) is 0 Å². The predicted molar refractivity (Wildman–Crippen MR) is 66.9 cm³/mol. The van der Waals surface area contributed by atoms with Gasteiger partial charge in [-0.05, 0) is 24.0 Å². The van der Waals surface area contributed by atoms with Crippen LogP contribution in [0.3, 0.4) is 0 Å². The summed E-state index contributed by atoms with van der Waals surface area (Å²) in [5.41, 5.74) is 2.84. The molecule has 0 saturated heterocycles. The summed E-state index contributed by atoms with van der Waals surface area (Å²) in [5.74, 6) is 0. The molecule has 1 aromatic carbocycles. The van der Waals surface area contributed by atoms with Crippen LogP contribution in [-0.4, -0.2) is 0 Å². The normalized spacial score (nSPS) is 10.4. The molecule has 1 rings (SSSR count). The van der Waals surface area contributed by atoms with Gasteiger partial charge in [-0.2, -0.15) is 0 Å². The van der Waals surface area contributed by atoms with E-state index >= 15 is 0 Å². The molecule has 0 N–H and O–H groups in total. The molecule has 0 aliphatic heterocycles. The first kappa shape index (κ1) is 11.8. The molecule has 0 aliphatic carbocycles. The second-order valence-corrected chi connectivity index (χ2v) is 4.32. The quantitative estimate of drug-likeness (QED) is 0.510. The van der Waals surface area contributed by atoms with Crippen LogP contribution in [0.15, 0.2) is 24.3 Å². The van der Waals surface area contributed by atoms with Gasteiger partial charge in [-0.3, -0.25) is 0 Å². The summed E-state index contributed by atoms with van der Waals surface area (Å²) in [6.07, 6.45) is 6.64. The molecule has 0 aliphatic rings. The Labute approximate surface area is 95.9 Å². The van der Waals surface area contributed by atoms with E-state index < -0.39 is 0 Å². The monoisotopic (exact) mass is 254 g/mol. The van der Waals surface area contributed by atoms with Crippen LogP contribution in [0.2, 0.25) is 0 Å². The maximum atomic E-state index is 3.46. The number of hydrogen-bond acceptors (Lipinski definition) is 0. The topological polar surface area (TPSA) is 0 Å². The van der Waals surface area contributed by atoms with Crippen LogP contribution in [0, 0.1) is 0 Å². The number of halogens is 1. The van der Waals surface area contributed by atoms with E-state index in [-0.39, 0.29) is 0 Å². The molecular formula is C13H19Br. The number of hydrogen-bond donors (Lipinski definition) is 0. The molecular weight excluding hydrogens is 236 g/mol. The van der Waals surface area contributed by atoms with Crippen LogP contribution in [-0.2, 0) is 11.8 Å². The van der Waals surface area contributed by atoms with Crippen LogP contribution in [0.1, 0.15) is 43.7 Å². The largest absolute Gasteiger partial charge is 0.0876 e. The van der Waals surface area contributed by atoms with Gasteiger partial charge in [0.1, 0.15) is 0 Å². The lowest BCUT2D eigenvalue weighted by Crippen LogP contribution is -1.86. The van der Waals surface area contributed by atoms with Crippen molar-refractivity contribution in [2.45, 2.75) is 44.4 Å². The first-order chi connectivity index (χ1) is 6.86. The summed E-state index contributed by atoms with van der Waals surface area (Å²) < 4.78 is 0. The van der Waals surface area contributed by atoms with Crippen molar-refractivity contribution >= 4 is 15.9 Å². The van der Waals surface area contributed by atoms with Gasteiger partial charge in [0.25, 0.3) is 0 Å². The summed E-state index contributed by atoms with van der Waals surface area (Å²) in [6.45, 7) is 2.25. The molecule has 1 aromatic rings. The molecule has 78 valence electrons. The Morgan fingerprint density at radius 1 is 0.929 bits per heavy atom. The molecule has 0 unspecified atom stereocenters. The van der Waals surface area contributed by atoms with Crippen molar-refractivity contribution in [2.75, 3.05) is 0 Å². The van der Waals surface area contributed by atoms with Crippen molar-refractivity contribution in [3.05, 3.63) is 35.4 Å². The van der Waals surface area contributed by atoms with Gasteiger partial charge in [0.05, 0.1) is 0 Å². The average molecular weight is 255 g/mol. The second-order valence-electron chi connectivity index (χ2n) is 3.76. The third kappa shape index (κ3) is 4.28. The van der Waals surface area contributed by atoms with Crippen molar-refractivity contribution in [2.24, 2.45) is 0 Å². The zero-order valence-corrected chi connectivity index (χ0v) is 10.5. The summed E-state index contributed by atoms with van der Waals surface area (Å²) in [7, 11) is 0. The smallest absolute Gasteiger partial charge is 0.0283 e. The summed E-state index contributed by atoms with van der Waals surface area (Å²) in [6, 6.07) is 8.93. The number of alkyl halides is 1. The van der Waals surface area contributed by atoms with Gasteiger partial charge in [0.15, 0.2) is 0 Å². The zero-order chi connectivity index (χ0) is 10.2. The Kier molecular flexibility index (Phi) is 5.93. The van der Waals surface area contributed by atoms with Gasteiger partial charge in [-0.1, -0.05) is 66.4 Å². The van der Waals surface area contributed by atoms with Crippen LogP contribution < -0.4 is 0 Å². The lowest BCUT2D eigenvalue weighted by atomic mass is 10.1. The highest BCUT2D eigenvalue weighted by Crippen LogP contribution is 2.11. The van der Waals surface area contributed by atoms with E-state index in [1.807, 2.05) is 0 Å². The number of aryl methyl sites for hydroxylation is 1. The van der Waals surface area contributed by atoms with Crippen LogP contribution in [0.4, 0.5) is 0 Å². The predicted octanol–water partition coefficient (Wildman–Crippen LogP) is 4.70. The maximum Gasteiger partial charge on any atom is 0.0283 e. The first-order valence-corrected chi connectivity index (χ1v) is 6.62. The molecule has 0 spiro atoms. The van der Waals surface area contributed by atoms with E-state index in [2.05, 4.69) is 47.1 Å². The maximum absolute atomic E-state index is 3.46.